The lowest BCUT2D eigenvalue weighted by Gasteiger charge is -2.15. The topological polar surface area (TPSA) is 61.9 Å². The van der Waals surface area contributed by atoms with Crippen LogP contribution in [0, 0.1) is 0 Å². The van der Waals surface area contributed by atoms with Crippen molar-refractivity contribution in [1.29, 1.82) is 0 Å². The number of nitrogens with zero attached hydrogens (tertiary/aromatic N) is 3. The second-order valence-electron chi connectivity index (χ2n) is 3.69. The molecule has 0 radical (unpaired) electrons. The second kappa shape index (κ2) is 5.37. The number of hydrogen-bond donors (Lipinski definition) is 1. The fraction of sp³-hybridized carbons (Fsp3) is 0.182. The van der Waals surface area contributed by atoms with E-state index in [4.69, 9.17) is 23.2 Å². The summed E-state index contributed by atoms with van der Waals surface area (Å²) in [5.41, 5.74) is 0.387. The molecule has 2 aromatic heterocycles. The monoisotopic (exact) mass is 284 g/mol. The van der Waals surface area contributed by atoms with Gasteiger partial charge in [-0.15, -0.1) is 0 Å². The van der Waals surface area contributed by atoms with Crippen molar-refractivity contribution in [2.24, 2.45) is 0 Å². The van der Waals surface area contributed by atoms with Crippen molar-refractivity contribution < 1.29 is 4.79 Å². The van der Waals surface area contributed by atoms with Crippen LogP contribution in [-0.4, -0.2) is 32.8 Å². The van der Waals surface area contributed by atoms with E-state index in [9.17, 15) is 4.79 Å². The first-order valence-corrected chi connectivity index (χ1v) is 5.88. The molecule has 0 aliphatic rings. The van der Waals surface area contributed by atoms with Gasteiger partial charge in [-0.3, -0.25) is 4.79 Å². The number of halogens is 2. The molecular formula is C11H10Cl2N4O. The van der Waals surface area contributed by atoms with Crippen LogP contribution in [0.4, 0.5) is 0 Å². The number of nitrogens with one attached hydrogen (secondary N) is 1. The van der Waals surface area contributed by atoms with E-state index < -0.39 is 0 Å². The Morgan fingerprint density at radius 1 is 1.44 bits per heavy atom. The van der Waals surface area contributed by atoms with Crippen LogP contribution in [0.3, 0.4) is 0 Å². The van der Waals surface area contributed by atoms with Gasteiger partial charge in [0, 0.05) is 25.6 Å². The number of rotatable bonds is 3. The molecule has 2 rings (SSSR count). The number of amides is 1. The molecular weight excluding hydrogens is 275 g/mol. The summed E-state index contributed by atoms with van der Waals surface area (Å²) in [6.07, 6.45) is 4.73. The number of aromatic nitrogens is 3. The number of carbonyl (C=O) groups excluding carboxylic acids is 1. The summed E-state index contributed by atoms with van der Waals surface area (Å²) >= 11 is 11.5. The quantitative estimate of drug-likeness (QED) is 0.881. The molecule has 0 aromatic carbocycles. The predicted octanol–water partition coefficient (Wildman–Crippen LogP) is 2.38. The number of imidazole rings is 1. The molecule has 2 aromatic rings. The molecule has 0 aliphatic carbocycles. The molecule has 0 unspecified atom stereocenters. The predicted molar refractivity (Wildman–Crippen MR) is 68.6 cm³/mol. The molecule has 94 valence electrons. The highest BCUT2D eigenvalue weighted by atomic mass is 35.5. The van der Waals surface area contributed by atoms with Gasteiger partial charge in [0.15, 0.2) is 0 Å². The van der Waals surface area contributed by atoms with Crippen LogP contribution in [0.25, 0.3) is 0 Å². The van der Waals surface area contributed by atoms with E-state index in [1.807, 2.05) is 0 Å². The minimum Gasteiger partial charge on any atom is -0.347 e. The Kier molecular flexibility index (Phi) is 3.84. The molecule has 7 heteroatoms. The van der Waals surface area contributed by atoms with Gasteiger partial charge in [-0.1, -0.05) is 23.2 Å². The van der Waals surface area contributed by atoms with Gasteiger partial charge in [0.1, 0.15) is 11.0 Å². The van der Waals surface area contributed by atoms with E-state index >= 15 is 0 Å². The van der Waals surface area contributed by atoms with Crippen molar-refractivity contribution in [2.45, 2.75) is 6.54 Å². The zero-order valence-electron chi connectivity index (χ0n) is 9.52. The fourth-order valence-electron chi connectivity index (χ4n) is 1.44. The minimum absolute atomic E-state index is 0.182. The maximum Gasteiger partial charge on any atom is 0.255 e. The zero-order chi connectivity index (χ0) is 13.1. The van der Waals surface area contributed by atoms with Gasteiger partial charge >= 0.3 is 0 Å². The first-order valence-electron chi connectivity index (χ1n) is 5.12. The van der Waals surface area contributed by atoms with Crippen molar-refractivity contribution in [3.05, 3.63) is 46.2 Å². The van der Waals surface area contributed by atoms with E-state index in [0.29, 0.717) is 17.9 Å². The SMILES string of the molecule is CN(Cc1ncc[nH]1)C(=O)c1cnc(Cl)c(Cl)c1. The lowest BCUT2D eigenvalue weighted by atomic mass is 10.2. The average molecular weight is 285 g/mol. The molecule has 5 nitrogen and oxygen atoms in total. The molecule has 1 N–H and O–H groups in total. The first kappa shape index (κ1) is 12.9. The highest BCUT2D eigenvalue weighted by Crippen LogP contribution is 2.20. The second-order valence-corrected chi connectivity index (χ2v) is 4.46. The third kappa shape index (κ3) is 2.80. The summed E-state index contributed by atoms with van der Waals surface area (Å²) < 4.78 is 0. The third-order valence-corrected chi connectivity index (χ3v) is 3.02. The van der Waals surface area contributed by atoms with Crippen LogP contribution in [0.1, 0.15) is 16.2 Å². The average Bonchev–Trinajstić information content (AvgIpc) is 2.84. The van der Waals surface area contributed by atoms with E-state index in [0.717, 1.165) is 0 Å². The Balaban J connectivity index is 2.12. The Labute approximate surface area is 114 Å². The Hall–Kier alpha value is -1.59. The van der Waals surface area contributed by atoms with Gasteiger partial charge in [-0.25, -0.2) is 9.97 Å². The molecule has 2 heterocycles. The maximum atomic E-state index is 12.1. The molecule has 0 saturated carbocycles. The summed E-state index contributed by atoms with van der Waals surface area (Å²) in [5, 5.41) is 0.441. The molecule has 0 spiro atoms. The fourth-order valence-corrected chi connectivity index (χ4v) is 1.71. The molecule has 18 heavy (non-hydrogen) atoms. The van der Waals surface area contributed by atoms with E-state index in [-0.39, 0.29) is 16.1 Å². The highest BCUT2D eigenvalue weighted by Gasteiger charge is 2.14. The van der Waals surface area contributed by atoms with Crippen LogP contribution in [0.15, 0.2) is 24.7 Å². The van der Waals surface area contributed by atoms with Crippen LogP contribution >= 0.6 is 23.2 Å². The number of carbonyl (C=O) groups is 1. The molecule has 0 bridgehead atoms. The Bertz CT molecular complexity index is 556. The number of pyridine rings is 1. The molecule has 0 atom stereocenters. The zero-order valence-corrected chi connectivity index (χ0v) is 11.0. The molecule has 0 saturated heterocycles. The standard InChI is InChI=1S/C11H10Cl2N4O/c1-17(6-9-14-2-3-15-9)11(18)7-4-8(12)10(13)16-5-7/h2-5H,6H2,1H3,(H,14,15). The van der Waals surface area contributed by atoms with Crippen LogP contribution in [0.5, 0.6) is 0 Å². The summed E-state index contributed by atoms with van der Waals surface area (Å²) in [5.74, 6) is 0.510. The largest absolute Gasteiger partial charge is 0.347 e. The first-order chi connectivity index (χ1) is 8.58. The van der Waals surface area contributed by atoms with Crippen LogP contribution < -0.4 is 0 Å². The van der Waals surface area contributed by atoms with Gasteiger partial charge < -0.3 is 9.88 Å². The summed E-state index contributed by atoms with van der Waals surface area (Å²) in [4.78, 5) is 24.4. The van der Waals surface area contributed by atoms with E-state index in [1.54, 1.807) is 19.4 Å². The Morgan fingerprint density at radius 3 is 2.83 bits per heavy atom. The van der Waals surface area contributed by atoms with Crippen molar-refractivity contribution in [2.75, 3.05) is 7.05 Å². The van der Waals surface area contributed by atoms with Crippen LogP contribution in [0.2, 0.25) is 10.2 Å². The normalized spacial score (nSPS) is 10.4. The number of H-pyrrole nitrogens is 1. The molecule has 1 amide bonds. The third-order valence-electron chi connectivity index (χ3n) is 2.33. The molecule has 0 fully saturated rings. The summed E-state index contributed by atoms with van der Waals surface area (Å²) in [7, 11) is 1.67. The van der Waals surface area contributed by atoms with Crippen molar-refractivity contribution in [3.8, 4) is 0 Å². The van der Waals surface area contributed by atoms with Crippen LogP contribution in [-0.2, 0) is 6.54 Å². The van der Waals surface area contributed by atoms with Gasteiger partial charge in [-0.2, -0.15) is 0 Å². The number of hydrogen-bond acceptors (Lipinski definition) is 3. The van der Waals surface area contributed by atoms with E-state index in [2.05, 4.69) is 15.0 Å². The van der Waals surface area contributed by atoms with E-state index in [1.165, 1.54) is 17.2 Å². The van der Waals surface area contributed by atoms with Gasteiger partial charge in [0.05, 0.1) is 17.1 Å². The molecule has 0 aliphatic heterocycles. The summed E-state index contributed by atoms with van der Waals surface area (Å²) in [6.45, 7) is 0.381. The summed E-state index contributed by atoms with van der Waals surface area (Å²) in [6, 6.07) is 1.50. The smallest absolute Gasteiger partial charge is 0.255 e. The highest BCUT2D eigenvalue weighted by molar-refractivity contribution is 6.41. The van der Waals surface area contributed by atoms with Gasteiger partial charge in [-0.05, 0) is 6.07 Å². The minimum atomic E-state index is -0.197. The maximum absolute atomic E-state index is 12.1. The lowest BCUT2D eigenvalue weighted by molar-refractivity contribution is 0.0781. The van der Waals surface area contributed by atoms with Gasteiger partial charge in [0.2, 0.25) is 0 Å². The van der Waals surface area contributed by atoms with Crippen molar-refractivity contribution >= 4 is 29.1 Å². The van der Waals surface area contributed by atoms with Crippen molar-refractivity contribution in [3.63, 3.8) is 0 Å². The lowest BCUT2D eigenvalue weighted by Crippen LogP contribution is -2.26. The Morgan fingerprint density at radius 2 is 2.22 bits per heavy atom. The number of aromatic amines is 1. The van der Waals surface area contributed by atoms with Gasteiger partial charge in [0.25, 0.3) is 5.91 Å². The van der Waals surface area contributed by atoms with Crippen molar-refractivity contribution in [1.82, 2.24) is 19.9 Å².